The van der Waals surface area contributed by atoms with Crippen LogP contribution in [0.3, 0.4) is 0 Å². The molecule has 0 saturated heterocycles. The first-order chi connectivity index (χ1) is 10.6. The Balaban J connectivity index is 0.00000264. The van der Waals surface area contributed by atoms with Crippen molar-refractivity contribution in [2.45, 2.75) is 65.8 Å². The average Bonchev–Trinajstić information content (AvgIpc) is 2.88. The highest BCUT2D eigenvalue weighted by Crippen LogP contribution is 2.10. The van der Waals surface area contributed by atoms with E-state index < -0.39 is 0 Å². The first kappa shape index (κ1) is 20.1. The predicted molar refractivity (Wildman–Crippen MR) is 102 cm³/mol. The van der Waals surface area contributed by atoms with Gasteiger partial charge in [-0.25, -0.2) is 4.99 Å². The van der Waals surface area contributed by atoms with Crippen LogP contribution in [0.5, 0.6) is 0 Å². The second-order valence-electron chi connectivity index (χ2n) is 6.31. The number of halogens is 1. The molecule has 3 N–H and O–H groups in total. The molecule has 0 fully saturated rings. The van der Waals surface area contributed by atoms with Crippen molar-refractivity contribution in [2.75, 3.05) is 6.61 Å². The van der Waals surface area contributed by atoms with Crippen LogP contribution >= 0.6 is 24.0 Å². The molecule has 1 aliphatic rings. The van der Waals surface area contributed by atoms with E-state index in [-0.39, 0.29) is 24.0 Å². The molecule has 0 saturated carbocycles. The Morgan fingerprint density at radius 1 is 1.35 bits per heavy atom. The summed E-state index contributed by atoms with van der Waals surface area (Å²) in [4.78, 5) is 4.38. The molecule has 0 amide bonds. The fourth-order valence-corrected chi connectivity index (χ4v) is 2.53. The Bertz CT molecular complexity index is 502. The third-order valence-corrected chi connectivity index (χ3v) is 3.80. The summed E-state index contributed by atoms with van der Waals surface area (Å²) in [5.41, 5.74) is 5.96. The van der Waals surface area contributed by atoms with Gasteiger partial charge in [-0.1, -0.05) is 26.7 Å². The molecule has 1 unspecified atom stereocenters. The number of fused-ring (bicyclic) bond motifs is 1. The molecule has 0 spiro atoms. The van der Waals surface area contributed by atoms with Crippen LogP contribution in [0.2, 0.25) is 0 Å². The molecule has 1 aromatic rings. The van der Waals surface area contributed by atoms with Gasteiger partial charge in [0.15, 0.2) is 17.6 Å². The number of rotatable bonds is 7. The molecule has 23 heavy (non-hydrogen) atoms. The van der Waals surface area contributed by atoms with Crippen molar-refractivity contribution < 1.29 is 4.74 Å². The summed E-state index contributed by atoms with van der Waals surface area (Å²) in [6.07, 6.45) is 3.56. The molecule has 0 aliphatic carbocycles. The number of guanidine groups is 1. The highest BCUT2D eigenvalue weighted by atomic mass is 127. The van der Waals surface area contributed by atoms with Crippen molar-refractivity contribution in [1.29, 1.82) is 0 Å². The fraction of sp³-hybridized carbons (Fsp3) is 0.800. The van der Waals surface area contributed by atoms with Crippen molar-refractivity contribution in [1.82, 2.24) is 20.1 Å². The maximum Gasteiger partial charge on any atom is 0.189 e. The van der Waals surface area contributed by atoms with Crippen LogP contribution in [-0.2, 0) is 24.4 Å². The lowest BCUT2D eigenvalue weighted by molar-refractivity contribution is 0.0806. The third kappa shape index (κ3) is 6.62. The summed E-state index contributed by atoms with van der Waals surface area (Å²) in [6.45, 7) is 9.09. The van der Waals surface area contributed by atoms with Crippen LogP contribution < -0.4 is 11.1 Å². The molecule has 2 rings (SSSR count). The van der Waals surface area contributed by atoms with Gasteiger partial charge in [0.2, 0.25) is 0 Å². The van der Waals surface area contributed by atoms with Crippen molar-refractivity contribution in [2.24, 2.45) is 16.6 Å². The molecule has 7 nitrogen and oxygen atoms in total. The number of nitrogens with zero attached hydrogens (tertiary/aromatic N) is 4. The zero-order chi connectivity index (χ0) is 15.9. The molecule has 1 atom stereocenters. The van der Waals surface area contributed by atoms with E-state index >= 15 is 0 Å². The molecule has 8 heteroatoms. The monoisotopic (exact) mass is 436 g/mol. The molecule has 132 valence electrons. The molecule has 0 bridgehead atoms. The van der Waals surface area contributed by atoms with E-state index in [1.807, 2.05) is 0 Å². The van der Waals surface area contributed by atoms with E-state index in [4.69, 9.17) is 10.5 Å². The normalized spacial score (nSPS) is 15.9. The van der Waals surface area contributed by atoms with Crippen LogP contribution in [0.1, 0.15) is 51.7 Å². The summed E-state index contributed by atoms with van der Waals surface area (Å²) < 4.78 is 7.41. The summed E-state index contributed by atoms with van der Waals surface area (Å²) in [5, 5.41) is 11.5. The van der Waals surface area contributed by atoms with Crippen LogP contribution in [0, 0.1) is 5.92 Å². The summed E-state index contributed by atoms with van der Waals surface area (Å²) in [5.74, 6) is 2.93. The second kappa shape index (κ2) is 10.1. The van der Waals surface area contributed by atoms with Crippen LogP contribution in [0.15, 0.2) is 4.99 Å². The molecule has 1 aliphatic heterocycles. The van der Waals surface area contributed by atoms with E-state index in [0.29, 0.717) is 31.8 Å². The van der Waals surface area contributed by atoms with E-state index in [9.17, 15) is 0 Å². The molecule has 0 radical (unpaired) electrons. The second-order valence-corrected chi connectivity index (χ2v) is 6.31. The van der Waals surface area contributed by atoms with Gasteiger partial charge >= 0.3 is 0 Å². The van der Waals surface area contributed by atoms with E-state index in [1.165, 1.54) is 12.8 Å². The maximum absolute atomic E-state index is 5.96. The Morgan fingerprint density at radius 3 is 2.87 bits per heavy atom. The largest absolute Gasteiger partial charge is 0.372 e. The van der Waals surface area contributed by atoms with Gasteiger partial charge < -0.3 is 20.4 Å². The zero-order valence-corrected chi connectivity index (χ0v) is 16.6. The Kier molecular flexibility index (Phi) is 8.82. The van der Waals surface area contributed by atoms with Crippen LogP contribution in [0.25, 0.3) is 0 Å². The zero-order valence-electron chi connectivity index (χ0n) is 14.3. The Labute approximate surface area is 155 Å². The molecule has 1 aromatic heterocycles. The first-order valence-corrected chi connectivity index (χ1v) is 8.11. The van der Waals surface area contributed by atoms with Gasteiger partial charge in [-0.05, 0) is 19.3 Å². The molecule has 0 aromatic carbocycles. The number of aliphatic imine (C=N–C) groups is 1. The van der Waals surface area contributed by atoms with Gasteiger partial charge in [-0.2, -0.15) is 0 Å². The minimum Gasteiger partial charge on any atom is -0.372 e. The highest BCUT2D eigenvalue weighted by Gasteiger charge is 2.15. The molecular formula is C15H29IN6O. The van der Waals surface area contributed by atoms with Crippen molar-refractivity contribution in [3.05, 3.63) is 11.6 Å². The van der Waals surface area contributed by atoms with Gasteiger partial charge in [0.05, 0.1) is 6.61 Å². The van der Waals surface area contributed by atoms with Crippen LogP contribution in [-0.4, -0.2) is 33.4 Å². The van der Waals surface area contributed by atoms with E-state index in [2.05, 4.69) is 45.8 Å². The van der Waals surface area contributed by atoms with Gasteiger partial charge in [-0.3, -0.25) is 0 Å². The minimum absolute atomic E-state index is 0. The van der Waals surface area contributed by atoms with Gasteiger partial charge in [0, 0.05) is 12.6 Å². The predicted octanol–water partition coefficient (Wildman–Crippen LogP) is 2.05. The van der Waals surface area contributed by atoms with Gasteiger partial charge in [0.1, 0.15) is 13.2 Å². The number of aromatic nitrogens is 3. The number of hydrogen-bond donors (Lipinski definition) is 2. The third-order valence-electron chi connectivity index (χ3n) is 3.80. The lowest BCUT2D eigenvalue weighted by atomic mass is 10.0. The summed E-state index contributed by atoms with van der Waals surface area (Å²) >= 11 is 0. The standard InChI is InChI=1S/C15H28N6O.HI/c1-11(2)5-4-6-12(3)18-15(16)17-9-13-19-20-14-10-22-8-7-21(13)14;/h11-12H,4-10H2,1-3H3,(H3,16,17,18);1H. The lowest BCUT2D eigenvalue weighted by Crippen LogP contribution is -2.38. The summed E-state index contributed by atoms with van der Waals surface area (Å²) in [6, 6.07) is 0.336. The van der Waals surface area contributed by atoms with E-state index in [1.54, 1.807) is 0 Å². The van der Waals surface area contributed by atoms with Crippen LogP contribution in [0.4, 0.5) is 0 Å². The van der Waals surface area contributed by atoms with Crippen molar-refractivity contribution >= 4 is 29.9 Å². The van der Waals surface area contributed by atoms with Crippen molar-refractivity contribution in [3.8, 4) is 0 Å². The maximum atomic E-state index is 5.96. The Hall–Kier alpha value is -0.900. The number of nitrogens with one attached hydrogen (secondary N) is 1. The Morgan fingerprint density at radius 2 is 2.13 bits per heavy atom. The van der Waals surface area contributed by atoms with Crippen molar-refractivity contribution in [3.63, 3.8) is 0 Å². The number of ether oxygens (including phenoxy) is 1. The summed E-state index contributed by atoms with van der Waals surface area (Å²) in [7, 11) is 0. The average molecular weight is 436 g/mol. The fourth-order valence-electron chi connectivity index (χ4n) is 2.53. The van der Waals surface area contributed by atoms with Gasteiger partial charge in [0.25, 0.3) is 0 Å². The topological polar surface area (TPSA) is 90.4 Å². The molecule has 2 heterocycles. The number of hydrogen-bond acceptors (Lipinski definition) is 4. The first-order valence-electron chi connectivity index (χ1n) is 8.11. The minimum atomic E-state index is 0. The lowest BCUT2D eigenvalue weighted by Gasteiger charge is -2.16. The number of nitrogens with two attached hydrogens (primary N) is 1. The quantitative estimate of drug-likeness (QED) is 0.388. The van der Waals surface area contributed by atoms with E-state index in [0.717, 1.165) is 30.5 Å². The SMILES string of the molecule is CC(C)CCCC(C)NC(N)=NCc1nnc2n1CCOC2.I. The smallest absolute Gasteiger partial charge is 0.189 e. The van der Waals surface area contributed by atoms with Gasteiger partial charge in [-0.15, -0.1) is 34.2 Å². The highest BCUT2D eigenvalue weighted by molar-refractivity contribution is 14.0. The molecular weight excluding hydrogens is 407 g/mol.